The molecule has 0 fully saturated rings. The van der Waals surface area contributed by atoms with Crippen LogP contribution < -0.4 is 10.6 Å². The van der Waals surface area contributed by atoms with Crippen LogP contribution in [0.4, 0.5) is 0 Å². The first-order chi connectivity index (χ1) is 45.1. The fourth-order valence-corrected chi connectivity index (χ4v) is 11.5. The third-order valence-electron chi connectivity index (χ3n) is 16.0. The van der Waals surface area contributed by atoms with Crippen LogP contribution in [0.1, 0.15) is 98.0 Å². The molecule has 2 aliphatic rings. The molecule has 0 radical (unpaired) electrons. The molecule has 2 aliphatic heterocycles. The first kappa shape index (κ1) is 76.7. The lowest BCUT2D eigenvalue weighted by Crippen LogP contribution is -2.47. The number of carboxylic acid groups (broad SMARTS) is 10. The number of carboxylic acids is 10. The highest BCUT2D eigenvalue weighted by Gasteiger charge is 2.29. The Bertz CT molecular complexity index is 3690. The number of allylic oxidation sites excluding steroid dienone is 3. The molecule has 96 heavy (non-hydrogen) atoms. The first-order valence-corrected chi connectivity index (χ1v) is 30.3. The lowest BCUT2D eigenvalue weighted by atomic mass is 9.98. The second-order valence-electron chi connectivity index (χ2n) is 23.4. The highest BCUT2D eigenvalue weighted by Crippen LogP contribution is 2.38. The molecule has 5 rings (SSSR count). The van der Waals surface area contributed by atoms with E-state index in [9.17, 15) is 109 Å². The second kappa shape index (κ2) is 35.5. The van der Waals surface area contributed by atoms with Gasteiger partial charge in [-0.3, -0.25) is 86.9 Å². The zero-order valence-corrected chi connectivity index (χ0v) is 54.0. The van der Waals surface area contributed by atoms with Crippen LogP contribution in [0, 0.1) is 13.8 Å². The average molecular weight is 1350 g/mol. The molecule has 0 saturated carbocycles. The van der Waals surface area contributed by atoms with Crippen LogP contribution in [0.15, 0.2) is 24.3 Å². The Hall–Kier alpha value is -10.0. The van der Waals surface area contributed by atoms with Gasteiger partial charge in [0.1, 0.15) is 0 Å². The number of aliphatic carboxylic acids is 10. The molecule has 34 heteroatoms. The van der Waals surface area contributed by atoms with Crippen molar-refractivity contribution >= 4 is 116 Å². The summed E-state index contributed by atoms with van der Waals surface area (Å²) in [6.45, 7) is 2.92. The van der Waals surface area contributed by atoms with Gasteiger partial charge in [0.05, 0.1) is 100 Å². The number of aromatic amines is 2. The number of aromatic nitrogens is 4. The molecule has 34 nitrogen and oxygen atoms in total. The summed E-state index contributed by atoms with van der Waals surface area (Å²) in [6, 6.07) is 5.07. The Kier molecular flexibility index (Phi) is 28.4. The second-order valence-corrected chi connectivity index (χ2v) is 23.4. The fraction of sp³-hybridized carbons (Fsp3) is 0.484. The van der Waals surface area contributed by atoms with E-state index < -0.39 is 149 Å². The first-order valence-electron chi connectivity index (χ1n) is 30.3. The number of carbonyl (C=O) groups excluding carboxylic acids is 2. The van der Waals surface area contributed by atoms with E-state index in [2.05, 4.69) is 20.6 Å². The molecule has 2 atom stereocenters. The minimum absolute atomic E-state index is 0.0529. The summed E-state index contributed by atoms with van der Waals surface area (Å²) < 4.78 is 0. The molecule has 8 bridgehead atoms. The largest absolute Gasteiger partial charge is 0.481 e. The van der Waals surface area contributed by atoms with Gasteiger partial charge in [-0.25, -0.2) is 9.97 Å². The van der Waals surface area contributed by atoms with Crippen LogP contribution in [-0.2, 0) is 64.0 Å². The molecule has 0 aromatic carbocycles. The smallest absolute Gasteiger partial charge is 0.317 e. The number of rotatable bonds is 42. The lowest BCUT2D eigenvalue weighted by molar-refractivity contribution is -0.144. The normalized spacial score (nSPS) is 13.0. The minimum Gasteiger partial charge on any atom is -0.481 e. The molecule has 0 spiro atoms. The Balaban J connectivity index is 1.63. The number of amides is 2. The van der Waals surface area contributed by atoms with E-state index in [0.29, 0.717) is 89.4 Å². The highest BCUT2D eigenvalue weighted by molar-refractivity contribution is 5.98. The number of carbonyl (C=O) groups is 12. The van der Waals surface area contributed by atoms with E-state index in [4.69, 9.17) is 9.97 Å². The maximum absolute atomic E-state index is 14.2. The average Bonchev–Trinajstić information content (AvgIpc) is 1.62. The molecule has 14 N–H and O–H groups in total. The summed E-state index contributed by atoms with van der Waals surface area (Å²) in [5.41, 5.74) is 7.77. The summed E-state index contributed by atoms with van der Waals surface area (Å²) >= 11 is 0. The Morgan fingerprint density at radius 1 is 0.375 bits per heavy atom. The van der Waals surface area contributed by atoms with Gasteiger partial charge >= 0.3 is 59.7 Å². The SMILES string of the molecule is CC1=C(CCC(=O)O)c2cc3[nH]c(cc4nc(cc5[nH]c(cc1n2)c(C)c5C(C)NC(=O)CN(CCN(CCN(CC(=O)O)CC(=O)O)CC(=O)O)CC(=O)O)C(C)=C4C(C)NC(=O)CN(CCN(CCN(CC(=O)O)CC(=O)O)CC(=O)O)CC(=O)O)c(C)c3CCC(=O)O. The number of fused-ring (bicyclic) bond motifs is 8. The van der Waals surface area contributed by atoms with Gasteiger partial charge < -0.3 is 71.7 Å². The van der Waals surface area contributed by atoms with Gasteiger partial charge in [0, 0.05) is 98.4 Å². The van der Waals surface area contributed by atoms with Gasteiger partial charge in [0.15, 0.2) is 0 Å². The van der Waals surface area contributed by atoms with Gasteiger partial charge in [-0.2, -0.15) is 0 Å². The van der Waals surface area contributed by atoms with E-state index in [0.717, 1.165) is 9.80 Å². The van der Waals surface area contributed by atoms with Crippen molar-refractivity contribution < 1.29 is 109 Å². The summed E-state index contributed by atoms with van der Waals surface area (Å²) in [5, 5.41) is 102. The van der Waals surface area contributed by atoms with Crippen molar-refractivity contribution in [3.05, 3.63) is 69.3 Å². The Morgan fingerprint density at radius 2 is 0.698 bits per heavy atom. The third-order valence-corrected chi connectivity index (χ3v) is 16.0. The number of hydrogen-bond donors (Lipinski definition) is 14. The van der Waals surface area contributed by atoms with Gasteiger partial charge in [0.25, 0.3) is 0 Å². The van der Waals surface area contributed by atoms with E-state index in [1.54, 1.807) is 65.8 Å². The van der Waals surface area contributed by atoms with Gasteiger partial charge in [-0.05, 0) is 112 Å². The molecule has 5 heterocycles. The summed E-state index contributed by atoms with van der Waals surface area (Å²) in [5.74, 6) is -14.0. The number of nitrogens with zero attached hydrogens (tertiary/aromatic N) is 8. The van der Waals surface area contributed by atoms with E-state index in [-0.39, 0.29) is 78.0 Å². The molecule has 522 valence electrons. The van der Waals surface area contributed by atoms with Crippen LogP contribution in [0.3, 0.4) is 0 Å². The maximum Gasteiger partial charge on any atom is 0.317 e. The van der Waals surface area contributed by atoms with Crippen LogP contribution in [-0.4, -0.2) is 296 Å². The molecule has 0 aliphatic carbocycles. The predicted molar refractivity (Wildman–Crippen MR) is 342 cm³/mol. The minimum atomic E-state index is -1.33. The zero-order chi connectivity index (χ0) is 71.4. The zero-order valence-electron chi connectivity index (χ0n) is 54.0. The van der Waals surface area contributed by atoms with Crippen LogP contribution in [0.2, 0.25) is 0 Å². The molecule has 2 amide bonds. The van der Waals surface area contributed by atoms with Crippen molar-refractivity contribution in [3.8, 4) is 0 Å². The van der Waals surface area contributed by atoms with Gasteiger partial charge in [-0.1, -0.05) is 0 Å². The molecule has 2 unspecified atom stereocenters. The van der Waals surface area contributed by atoms with Crippen molar-refractivity contribution in [2.24, 2.45) is 0 Å². The van der Waals surface area contributed by atoms with Crippen molar-refractivity contribution in [2.45, 2.75) is 79.3 Å². The lowest BCUT2D eigenvalue weighted by Gasteiger charge is -2.28. The number of hydrogen-bond acceptors (Lipinski definition) is 20. The fourth-order valence-electron chi connectivity index (χ4n) is 11.5. The maximum atomic E-state index is 14.2. The van der Waals surface area contributed by atoms with Crippen molar-refractivity contribution in [1.29, 1.82) is 0 Å². The quantitative estimate of drug-likeness (QED) is 0.0374. The van der Waals surface area contributed by atoms with E-state index in [1.165, 1.54) is 19.6 Å². The summed E-state index contributed by atoms with van der Waals surface area (Å²) in [4.78, 5) is 171. The van der Waals surface area contributed by atoms with Crippen LogP contribution in [0.5, 0.6) is 0 Å². The van der Waals surface area contributed by atoms with Crippen molar-refractivity contribution in [3.63, 3.8) is 0 Å². The molecular weight excluding hydrogens is 1260 g/mol. The summed E-state index contributed by atoms with van der Waals surface area (Å²) in [6.07, 6.45) is -0.432. The standard InChI is InChI=1S/C62H82N12O22/c1-33-39(7-9-51(77)78)45-22-46-40(8-10-52(79)80)34(2)42(66-46)20-47-62(38(6)64-50(76)24-72(28-56(87)88)16-12-70(26-54(83)84)14-18-74(31-59(93)94)32-60(95)96)36(4)44(68-47)21-48-61(35(3)43(67-48)19-41(33)65-45)37(5)63-49(75)23-71(27-55(85)86)15-11-69(25-53(81)82)13-17-73(29-57(89)90)30-58(91)92/h19-22,37-38,66-67H,7-18,23-32H2,1-6H3,(H,63,75)(H,64,76)(H,77,78)(H,79,80)(H,81,82)(H,83,84)(H,85,86)(H,87,88)(H,89,90)(H,91,92)(H,93,94)(H,95,96). The van der Waals surface area contributed by atoms with Crippen molar-refractivity contribution in [1.82, 2.24) is 60.0 Å². The van der Waals surface area contributed by atoms with Crippen molar-refractivity contribution in [2.75, 3.05) is 118 Å². The Labute approximate surface area is 549 Å². The number of aryl methyl sites for hydroxylation is 3. The predicted octanol–water partition coefficient (Wildman–Crippen LogP) is 0.846. The van der Waals surface area contributed by atoms with Gasteiger partial charge in [0.2, 0.25) is 11.8 Å². The molecule has 0 saturated heterocycles. The van der Waals surface area contributed by atoms with E-state index >= 15 is 0 Å². The molecule has 3 aromatic rings. The number of H-pyrrole nitrogens is 2. The third kappa shape index (κ3) is 23.8. The van der Waals surface area contributed by atoms with E-state index in [1.807, 2.05) is 0 Å². The van der Waals surface area contributed by atoms with Crippen LogP contribution in [0.25, 0.3) is 44.4 Å². The number of nitrogens with one attached hydrogen (secondary N) is 4. The summed E-state index contributed by atoms with van der Waals surface area (Å²) in [7, 11) is 0. The topological polar surface area (TPSA) is 508 Å². The van der Waals surface area contributed by atoms with Crippen LogP contribution >= 0.6 is 0 Å². The molecular formula is C62H82N12O22. The van der Waals surface area contributed by atoms with Gasteiger partial charge in [-0.15, -0.1) is 0 Å². The Morgan fingerprint density at radius 3 is 1.12 bits per heavy atom. The highest BCUT2D eigenvalue weighted by atomic mass is 16.4. The monoisotopic (exact) mass is 1350 g/mol. The molecule has 3 aromatic heterocycles.